The fourth-order valence-electron chi connectivity index (χ4n) is 4.37. The number of benzene rings is 3. The molecule has 1 aliphatic rings. The van der Waals surface area contributed by atoms with Gasteiger partial charge in [-0.25, -0.2) is 22.0 Å². The van der Waals surface area contributed by atoms with E-state index in [4.69, 9.17) is 0 Å². The third-order valence-electron chi connectivity index (χ3n) is 5.92. The van der Waals surface area contributed by atoms with Crippen LogP contribution in [0.15, 0.2) is 30.3 Å². The van der Waals surface area contributed by atoms with E-state index < -0.39 is 34.6 Å². The van der Waals surface area contributed by atoms with Crippen molar-refractivity contribution < 1.29 is 22.0 Å². The zero-order valence-electron chi connectivity index (χ0n) is 16.1. The van der Waals surface area contributed by atoms with Crippen LogP contribution in [0.5, 0.6) is 0 Å². The summed E-state index contributed by atoms with van der Waals surface area (Å²) in [6.45, 7) is 2.16. The molecular formula is C24H21F5. The standard InChI is InChI=1S/C24H21F5/c1-2-3-4-13-5-6-14-9-18-16(8-15(14)7-13)10-19(25)22(23(18)28)17-11-20(26)24(29)21(27)12-17/h8-13H,2-7H2,1H3. The van der Waals surface area contributed by atoms with E-state index in [1.54, 1.807) is 6.07 Å². The van der Waals surface area contributed by atoms with Crippen molar-refractivity contribution in [3.8, 4) is 11.1 Å². The predicted molar refractivity (Wildman–Crippen MR) is 104 cm³/mol. The van der Waals surface area contributed by atoms with Gasteiger partial charge in [0, 0.05) is 5.39 Å². The summed E-state index contributed by atoms with van der Waals surface area (Å²) in [5.41, 5.74) is 1.22. The highest BCUT2D eigenvalue weighted by Gasteiger charge is 2.23. The average molecular weight is 404 g/mol. The largest absolute Gasteiger partial charge is 0.206 e. The molecule has 0 saturated heterocycles. The molecule has 0 amide bonds. The van der Waals surface area contributed by atoms with Crippen molar-refractivity contribution in [3.05, 3.63) is 70.5 Å². The van der Waals surface area contributed by atoms with Crippen molar-refractivity contribution in [1.82, 2.24) is 0 Å². The lowest BCUT2D eigenvalue weighted by Crippen LogP contribution is -2.14. The monoisotopic (exact) mass is 404 g/mol. The van der Waals surface area contributed by atoms with Gasteiger partial charge < -0.3 is 0 Å². The van der Waals surface area contributed by atoms with Crippen LogP contribution in [0, 0.1) is 35.0 Å². The molecule has 0 aromatic heterocycles. The van der Waals surface area contributed by atoms with E-state index in [1.165, 1.54) is 12.5 Å². The number of fused-ring (bicyclic) bond motifs is 2. The molecule has 1 aliphatic carbocycles. The Hall–Kier alpha value is -2.43. The fraction of sp³-hybridized carbons (Fsp3) is 0.333. The minimum absolute atomic E-state index is 0.206. The third kappa shape index (κ3) is 3.63. The maximum atomic E-state index is 15.2. The summed E-state index contributed by atoms with van der Waals surface area (Å²) in [5, 5.41) is 0.624. The first-order chi connectivity index (χ1) is 13.9. The van der Waals surface area contributed by atoms with Crippen molar-refractivity contribution in [1.29, 1.82) is 0 Å². The van der Waals surface area contributed by atoms with E-state index in [-0.39, 0.29) is 10.9 Å². The van der Waals surface area contributed by atoms with Crippen molar-refractivity contribution in [3.63, 3.8) is 0 Å². The molecule has 152 valence electrons. The second kappa shape index (κ2) is 7.77. The minimum atomic E-state index is -1.66. The third-order valence-corrected chi connectivity index (χ3v) is 5.92. The summed E-state index contributed by atoms with van der Waals surface area (Å²) in [6.07, 6.45) is 6.21. The molecule has 29 heavy (non-hydrogen) atoms. The minimum Gasteiger partial charge on any atom is -0.206 e. The summed E-state index contributed by atoms with van der Waals surface area (Å²) in [5.74, 6) is -5.87. The highest BCUT2D eigenvalue weighted by atomic mass is 19.2. The molecule has 0 saturated carbocycles. The van der Waals surface area contributed by atoms with E-state index in [0.717, 1.165) is 43.2 Å². The SMILES string of the molecule is CCCCC1CCc2cc3c(F)c(-c4cc(F)c(F)c(F)c4)c(F)cc3cc2C1. The van der Waals surface area contributed by atoms with Crippen molar-refractivity contribution >= 4 is 10.8 Å². The zero-order valence-corrected chi connectivity index (χ0v) is 16.1. The second-order valence-corrected chi connectivity index (χ2v) is 7.89. The number of hydrogen-bond acceptors (Lipinski definition) is 0. The molecule has 0 radical (unpaired) electrons. The Bertz CT molecular complexity index is 1060. The Morgan fingerprint density at radius 2 is 1.55 bits per heavy atom. The Labute approximate surface area is 166 Å². The highest BCUT2D eigenvalue weighted by molar-refractivity contribution is 5.90. The van der Waals surface area contributed by atoms with Gasteiger partial charge in [0.05, 0.1) is 5.56 Å². The number of rotatable bonds is 4. The van der Waals surface area contributed by atoms with Crippen molar-refractivity contribution in [2.75, 3.05) is 0 Å². The topological polar surface area (TPSA) is 0 Å². The van der Waals surface area contributed by atoms with Crippen molar-refractivity contribution in [2.24, 2.45) is 5.92 Å². The first kappa shape index (κ1) is 19.9. The molecule has 0 aliphatic heterocycles. The molecule has 5 heteroatoms. The van der Waals surface area contributed by atoms with E-state index in [0.29, 0.717) is 23.4 Å². The van der Waals surface area contributed by atoms with Gasteiger partial charge in [-0.15, -0.1) is 0 Å². The first-order valence-electron chi connectivity index (χ1n) is 9.97. The van der Waals surface area contributed by atoms with Crippen LogP contribution in [-0.2, 0) is 12.8 Å². The highest BCUT2D eigenvalue weighted by Crippen LogP contribution is 2.37. The van der Waals surface area contributed by atoms with Gasteiger partial charge in [0.15, 0.2) is 17.5 Å². The summed E-state index contributed by atoms with van der Waals surface area (Å²) < 4.78 is 70.4. The Morgan fingerprint density at radius 1 is 0.828 bits per heavy atom. The van der Waals surface area contributed by atoms with Gasteiger partial charge in [-0.3, -0.25) is 0 Å². The molecule has 0 heterocycles. The van der Waals surface area contributed by atoms with Gasteiger partial charge in [-0.05, 0) is 71.5 Å². The summed E-state index contributed by atoms with van der Waals surface area (Å²) >= 11 is 0. The molecule has 0 spiro atoms. The van der Waals surface area contributed by atoms with Crippen LogP contribution in [0.2, 0.25) is 0 Å². The van der Waals surface area contributed by atoms with Gasteiger partial charge in [0.2, 0.25) is 0 Å². The summed E-state index contributed by atoms with van der Waals surface area (Å²) in [7, 11) is 0. The molecule has 1 unspecified atom stereocenters. The van der Waals surface area contributed by atoms with Crippen molar-refractivity contribution in [2.45, 2.75) is 45.4 Å². The molecule has 0 nitrogen and oxygen atoms in total. The van der Waals surface area contributed by atoms with E-state index >= 15 is 4.39 Å². The molecule has 3 aromatic carbocycles. The van der Waals surface area contributed by atoms with Crippen LogP contribution in [0.1, 0.15) is 43.7 Å². The summed E-state index contributed by atoms with van der Waals surface area (Å²) in [6, 6.07) is 5.95. The molecule has 1 atom stereocenters. The maximum absolute atomic E-state index is 15.2. The van der Waals surface area contributed by atoms with Gasteiger partial charge in [-0.1, -0.05) is 32.3 Å². The van der Waals surface area contributed by atoms with E-state index in [1.807, 2.05) is 6.07 Å². The Kier molecular flexibility index (Phi) is 5.32. The normalized spacial score (nSPS) is 16.3. The second-order valence-electron chi connectivity index (χ2n) is 7.89. The van der Waals surface area contributed by atoms with Crippen LogP contribution in [0.3, 0.4) is 0 Å². The van der Waals surface area contributed by atoms with Gasteiger partial charge >= 0.3 is 0 Å². The van der Waals surface area contributed by atoms with Gasteiger partial charge in [-0.2, -0.15) is 0 Å². The molecule has 0 bridgehead atoms. The predicted octanol–water partition coefficient (Wildman–Crippen LogP) is 7.50. The van der Waals surface area contributed by atoms with Gasteiger partial charge in [0.1, 0.15) is 11.6 Å². The van der Waals surface area contributed by atoms with Crippen LogP contribution in [0.4, 0.5) is 22.0 Å². The first-order valence-corrected chi connectivity index (χ1v) is 9.97. The smallest absolute Gasteiger partial charge is 0.194 e. The molecule has 3 aromatic rings. The van der Waals surface area contributed by atoms with E-state index in [9.17, 15) is 17.6 Å². The summed E-state index contributed by atoms with van der Waals surface area (Å²) in [4.78, 5) is 0. The fourth-order valence-corrected chi connectivity index (χ4v) is 4.37. The number of hydrogen-bond donors (Lipinski definition) is 0. The molecule has 0 N–H and O–H groups in total. The van der Waals surface area contributed by atoms with Gasteiger partial charge in [0.25, 0.3) is 0 Å². The number of aryl methyl sites for hydroxylation is 1. The van der Waals surface area contributed by atoms with E-state index in [2.05, 4.69) is 6.92 Å². The lowest BCUT2D eigenvalue weighted by Gasteiger charge is -2.25. The quantitative estimate of drug-likeness (QED) is 0.312. The molecule has 4 rings (SSSR count). The van der Waals surface area contributed by atoms with Crippen LogP contribution in [-0.4, -0.2) is 0 Å². The molecule has 0 fully saturated rings. The number of halogens is 5. The maximum Gasteiger partial charge on any atom is 0.194 e. The Morgan fingerprint density at radius 3 is 2.24 bits per heavy atom. The zero-order chi connectivity index (χ0) is 20.7. The lowest BCUT2D eigenvalue weighted by atomic mass is 9.80. The lowest BCUT2D eigenvalue weighted by molar-refractivity contribution is 0.413. The van der Waals surface area contributed by atoms with Crippen LogP contribution < -0.4 is 0 Å². The Balaban J connectivity index is 1.81. The van der Waals surface area contributed by atoms with Crippen LogP contribution >= 0.6 is 0 Å². The average Bonchev–Trinajstić information content (AvgIpc) is 2.69. The molecular weight excluding hydrogens is 383 g/mol. The number of unbranched alkanes of at least 4 members (excludes halogenated alkanes) is 1. The van der Waals surface area contributed by atoms with Crippen LogP contribution in [0.25, 0.3) is 21.9 Å².